The van der Waals surface area contributed by atoms with E-state index in [0.717, 1.165) is 30.6 Å². The molecule has 1 unspecified atom stereocenters. The van der Waals surface area contributed by atoms with Gasteiger partial charge in [-0.25, -0.2) is 9.59 Å². The van der Waals surface area contributed by atoms with Gasteiger partial charge in [0, 0.05) is 26.1 Å². The Kier molecular flexibility index (Phi) is 13.1. The van der Waals surface area contributed by atoms with E-state index in [-0.39, 0.29) is 6.03 Å². The number of nitrogens with zero attached hydrogens (tertiary/aromatic N) is 1. The minimum Gasteiger partial charge on any atom is -0.494 e. The zero-order chi connectivity index (χ0) is 25.3. The second kappa shape index (κ2) is 16.4. The predicted octanol–water partition coefficient (Wildman–Crippen LogP) is 4.38. The first-order valence-electron chi connectivity index (χ1n) is 12.3. The van der Waals surface area contributed by atoms with Crippen LogP contribution in [0.3, 0.4) is 0 Å². The van der Waals surface area contributed by atoms with Gasteiger partial charge in [0.05, 0.1) is 13.2 Å². The number of nitrogens with one attached hydrogen (secondary N) is 1. The Hall–Kier alpha value is -3.26. The Morgan fingerprint density at radius 2 is 1.60 bits per heavy atom. The molecule has 35 heavy (non-hydrogen) atoms. The molecule has 0 fully saturated rings. The fraction of sp³-hybridized carbons (Fsp3) is 0.481. The third-order valence-corrected chi connectivity index (χ3v) is 5.27. The maximum absolute atomic E-state index is 12.6. The number of unbranched alkanes of at least 4 members (excludes halogenated alkanes) is 1. The van der Waals surface area contributed by atoms with Crippen molar-refractivity contribution >= 4 is 12.0 Å². The smallest absolute Gasteiger partial charge is 0.333 e. The molecule has 2 amide bonds. The molecule has 192 valence electrons. The third-order valence-electron chi connectivity index (χ3n) is 5.27. The summed E-state index contributed by atoms with van der Waals surface area (Å²) in [6.45, 7) is 6.81. The number of carbonyl (C=O) groups excluding carboxylic acids is 1. The van der Waals surface area contributed by atoms with Gasteiger partial charge >= 0.3 is 12.0 Å². The maximum Gasteiger partial charge on any atom is 0.333 e. The van der Waals surface area contributed by atoms with Crippen molar-refractivity contribution < 1.29 is 28.9 Å². The Morgan fingerprint density at radius 1 is 0.914 bits per heavy atom. The molecule has 0 heterocycles. The summed E-state index contributed by atoms with van der Waals surface area (Å²) in [7, 11) is 0. The molecule has 0 saturated carbocycles. The van der Waals surface area contributed by atoms with Crippen molar-refractivity contribution in [1.29, 1.82) is 0 Å². The molecule has 8 heteroatoms. The monoisotopic (exact) mass is 486 g/mol. The van der Waals surface area contributed by atoms with Gasteiger partial charge < -0.3 is 29.5 Å². The first-order chi connectivity index (χ1) is 17.0. The van der Waals surface area contributed by atoms with Crippen molar-refractivity contribution in [3.05, 3.63) is 60.2 Å². The Morgan fingerprint density at radius 3 is 2.26 bits per heavy atom. The fourth-order valence-corrected chi connectivity index (χ4v) is 3.40. The Labute approximate surface area is 208 Å². The molecule has 0 aliphatic rings. The highest BCUT2D eigenvalue weighted by Crippen LogP contribution is 2.15. The molecular weight excluding hydrogens is 448 g/mol. The van der Waals surface area contributed by atoms with E-state index in [1.165, 1.54) is 0 Å². The summed E-state index contributed by atoms with van der Waals surface area (Å²) < 4.78 is 16.8. The van der Waals surface area contributed by atoms with Gasteiger partial charge in [0.15, 0.2) is 6.10 Å². The van der Waals surface area contributed by atoms with Gasteiger partial charge in [0.2, 0.25) is 0 Å². The van der Waals surface area contributed by atoms with E-state index in [4.69, 9.17) is 14.2 Å². The number of ether oxygens (including phenoxy) is 3. The molecule has 2 N–H and O–H groups in total. The minimum absolute atomic E-state index is 0.0922. The van der Waals surface area contributed by atoms with Gasteiger partial charge in [0.25, 0.3) is 0 Å². The molecule has 0 spiro atoms. The predicted molar refractivity (Wildman–Crippen MR) is 135 cm³/mol. The molecule has 2 aromatic carbocycles. The van der Waals surface area contributed by atoms with Gasteiger partial charge in [-0.2, -0.15) is 0 Å². The van der Waals surface area contributed by atoms with E-state index < -0.39 is 12.1 Å². The number of carboxylic acids is 1. The number of hydrogen-bond donors (Lipinski definition) is 2. The summed E-state index contributed by atoms with van der Waals surface area (Å²) in [5.41, 5.74) is 0.858. The van der Waals surface area contributed by atoms with E-state index in [1.54, 1.807) is 11.8 Å². The second-order valence-electron chi connectivity index (χ2n) is 8.07. The average molecular weight is 487 g/mol. The highest BCUT2D eigenvalue weighted by atomic mass is 16.5. The summed E-state index contributed by atoms with van der Waals surface area (Å²) >= 11 is 0. The Balaban J connectivity index is 1.78. The molecular formula is C27H38N2O6. The largest absolute Gasteiger partial charge is 0.494 e. The molecule has 0 aromatic heterocycles. The van der Waals surface area contributed by atoms with Crippen LogP contribution in [0.25, 0.3) is 0 Å². The highest BCUT2D eigenvalue weighted by Gasteiger charge is 2.18. The van der Waals surface area contributed by atoms with Crippen LogP contribution in [0.2, 0.25) is 0 Å². The Bertz CT molecular complexity index is 860. The van der Waals surface area contributed by atoms with Crippen LogP contribution in [0.1, 0.15) is 38.7 Å². The van der Waals surface area contributed by atoms with Crippen molar-refractivity contribution in [2.45, 2.75) is 45.6 Å². The second-order valence-corrected chi connectivity index (χ2v) is 8.07. The van der Waals surface area contributed by atoms with E-state index in [9.17, 15) is 14.7 Å². The highest BCUT2D eigenvalue weighted by molar-refractivity contribution is 5.74. The van der Waals surface area contributed by atoms with Crippen LogP contribution in [0.5, 0.6) is 11.5 Å². The SMILES string of the molecule is CCCNC(=O)N(CCCCOc1ccccc1)CCOc1ccc(CC(OCC)C(=O)O)cc1. The van der Waals surface area contributed by atoms with Gasteiger partial charge in [-0.15, -0.1) is 0 Å². The van der Waals surface area contributed by atoms with Crippen molar-refractivity contribution in [1.82, 2.24) is 10.2 Å². The first kappa shape index (κ1) is 28.0. The molecule has 0 radical (unpaired) electrons. The van der Waals surface area contributed by atoms with Gasteiger partial charge in [-0.3, -0.25) is 0 Å². The van der Waals surface area contributed by atoms with E-state index in [2.05, 4.69) is 5.32 Å². The summed E-state index contributed by atoms with van der Waals surface area (Å²) in [6, 6.07) is 16.9. The number of hydrogen-bond acceptors (Lipinski definition) is 5. The van der Waals surface area contributed by atoms with Crippen molar-refractivity contribution in [2.75, 3.05) is 39.5 Å². The summed E-state index contributed by atoms with van der Waals surface area (Å²) in [6.07, 6.45) is 1.97. The molecule has 0 aliphatic carbocycles. The van der Waals surface area contributed by atoms with Crippen molar-refractivity contribution in [3.8, 4) is 11.5 Å². The fourth-order valence-electron chi connectivity index (χ4n) is 3.40. The number of aliphatic carboxylic acids is 1. The lowest BCUT2D eigenvalue weighted by Gasteiger charge is -2.23. The van der Waals surface area contributed by atoms with Gasteiger partial charge in [-0.05, 0) is 56.0 Å². The maximum atomic E-state index is 12.6. The quantitative estimate of drug-likeness (QED) is 0.322. The molecule has 2 rings (SSSR count). The number of amides is 2. The van der Waals surface area contributed by atoms with Crippen LogP contribution in [0, 0.1) is 0 Å². The van der Waals surface area contributed by atoms with Crippen LogP contribution >= 0.6 is 0 Å². The standard InChI is InChI=1S/C27H38N2O6/c1-3-16-28-27(32)29(17-8-9-19-34-23-10-6-5-7-11-23)18-20-35-24-14-12-22(13-15-24)21-25(26(30)31)33-4-2/h5-7,10-15,25H,3-4,8-9,16-21H2,1-2H3,(H,28,32)(H,30,31). The van der Waals surface area contributed by atoms with Crippen LogP contribution in [-0.2, 0) is 16.0 Å². The lowest BCUT2D eigenvalue weighted by atomic mass is 10.1. The van der Waals surface area contributed by atoms with Crippen LogP contribution in [-0.4, -0.2) is 67.6 Å². The van der Waals surface area contributed by atoms with E-state index in [0.29, 0.717) is 51.6 Å². The van der Waals surface area contributed by atoms with Crippen molar-refractivity contribution in [3.63, 3.8) is 0 Å². The average Bonchev–Trinajstić information content (AvgIpc) is 2.87. The third kappa shape index (κ3) is 11.1. The first-order valence-corrected chi connectivity index (χ1v) is 12.3. The van der Waals surface area contributed by atoms with Crippen LogP contribution in [0.4, 0.5) is 4.79 Å². The zero-order valence-electron chi connectivity index (χ0n) is 20.8. The van der Waals surface area contributed by atoms with Crippen LogP contribution < -0.4 is 14.8 Å². The number of urea groups is 1. The lowest BCUT2D eigenvalue weighted by Crippen LogP contribution is -2.42. The van der Waals surface area contributed by atoms with Gasteiger partial charge in [-0.1, -0.05) is 37.3 Å². The molecule has 0 bridgehead atoms. The number of rotatable bonds is 17. The van der Waals surface area contributed by atoms with E-state index in [1.807, 2.05) is 61.5 Å². The van der Waals surface area contributed by atoms with Gasteiger partial charge in [0.1, 0.15) is 18.1 Å². The van der Waals surface area contributed by atoms with E-state index >= 15 is 0 Å². The van der Waals surface area contributed by atoms with Crippen LogP contribution in [0.15, 0.2) is 54.6 Å². The molecule has 1 atom stereocenters. The zero-order valence-corrected chi connectivity index (χ0v) is 20.8. The topological polar surface area (TPSA) is 97.3 Å². The molecule has 0 saturated heterocycles. The summed E-state index contributed by atoms with van der Waals surface area (Å²) in [5.74, 6) is 0.545. The summed E-state index contributed by atoms with van der Waals surface area (Å²) in [5, 5.41) is 12.2. The number of para-hydroxylation sites is 1. The number of carboxylic acid groups (broad SMARTS) is 1. The lowest BCUT2D eigenvalue weighted by molar-refractivity contribution is -0.149. The molecule has 0 aliphatic heterocycles. The van der Waals surface area contributed by atoms with Crippen molar-refractivity contribution in [2.24, 2.45) is 0 Å². The molecule has 2 aromatic rings. The normalized spacial score (nSPS) is 11.5. The summed E-state index contributed by atoms with van der Waals surface area (Å²) in [4.78, 5) is 25.6. The number of carbonyl (C=O) groups is 2. The molecule has 8 nitrogen and oxygen atoms in total. The minimum atomic E-state index is -0.972. The number of benzene rings is 2.